The number of carbonyl (C=O) groups excluding carboxylic acids is 1. The van der Waals surface area contributed by atoms with Crippen molar-refractivity contribution in [3.8, 4) is 5.75 Å². The van der Waals surface area contributed by atoms with E-state index < -0.39 is 6.09 Å². The van der Waals surface area contributed by atoms with Crippen molar-refractivity contribution in [1.82, 2.24) is 5.32 Å². The first-order valence-electron chi connectivity index (χ1n) is 5.32. The number of hydrogen-bond donors (Lipinski definition) is 1. The number of para-hydroxylation sites is 1. The number of amides is 1. The van der Waals surface area contributed by atoms with Crippen molar-refractivity contribution in [3.05, 3.63) is 52.7 Å². The van der Waals surface area contributed by atoms with Gasteiger partial charge in [-0.3, -0.25) is 0 Å². The third kappa shape index (κ3) is 3.32. The first-order valence-corrected chi connectivity index (χ1v) is 6.20. The van der Waals surface area contributed by atoms with Crippen molar-refractivity contribution in [1.29, 1.82) is 0 Å². The van der Waals surface area contributed by atoms with Gasteiger partial charge < -0.3 is 10.1 Å². The second-order valence-electron chi connectivity index (χ2n) is 3.58. The fourth-order valence-electron chi connectivity index (χ4n) is 1.41. The first kappa shape index (κ1) is 11.7. The Kier molecular flexibility index (Phi) is 3.77. The van der Waals surface area contributed by atoms with E-state index in [1.165, 1.54) is 0 Å². The zero-order valence-corrected chi connectivity index (χ0v) is 10.2. The molecule has 1 amide bonds. The average molecular weight is 247 g/mol. The van der Waals surface area contributed by atoms with Crippen LogP contribution in [0.25, 0.3) is 0 Å². The second kappa shape index (κ2) is 5.50. The van der Waals surface area contributed by atoms with Crippen molar-refractivity contribution in [2.75, 3.05) is 0 Å². The molecule has 1 heterocycles. The molecule has 17 heavy (non-hydrogen) atoms. The highest BCUT2D eigenvalue weighted by Crippen LogP contribution is 2.18. The minimum Gasteiger partial charge on any atom is -0.410 e. The Labute approximate surface area is 104 Å². The molecular formula is C13H13NO2S. The predicted molar refractivity (Wildman–Crippen MR) is 68.3 cm³/mol. The summed E-state index contributed by atoms with van der Waals surface area (Å²) < 4.78 is 5.14. The molecule has 0 radical (unpaired) electrons. The number of ether oxygens (including phenoxy) is 1. The van der Waals surface area contributed by atoms with Crippen LogP contribution in [0.2, 0.25) is 0 Å². The maximum atomic E-state index is 11.6. The summed E-state index contributed by atoms with van der Waals surface area (Å²) in [5, 5.41) is 4.76. The molecular weight excluding hydrogens is 234 g/mol. The van der Waals surface area contributed by atoms with Crippen LogP contribution in [-0.2, 0) is 0 Å². The summed E-state index contributed by atoms with van der Waals surface area (Å²) in [6.45, 7) is 1.93. The highest BCUT2D eigenvalue weighted by atomic mass is 32.1. The largest absolute Gasteiger partial charge is 0.413 e. The highest BCUT2D eigenvalue weighted by Gasteiger charge is 2.11. The Bertz CT molecular complexity index is 467. The van der Waals surface area contributed by atoms with Crippen LogP contribution >= 0.6 is 11.3 Å². The fraction of sp³-hybridized carbons (Fsp3) is 0.154. The van der Waals surface area contributed by atoms with Crippen LogP contribution < -0.4 is 10.1 Å². The molecule has 2 rings (SSSR count). The molecule has 1 unspecified atom stereocenters. The van der Waals surface area contributed by atoms with Crippen molar-refractivity contribution in [3.63, 3.8) is 0 Å². The van der Waals surface area contributed by atoms with Crippen LogP contribution in [0.3, 0.4) is 0 Å². The highest BCUT2D eigenvalue weighted by molar-refractivity contribution is 7.10. The van der Waals surface area contributed by atoms with Gasteiger partial charge in [0.15, 0.2) is 0 Å². The van der Waals surface area contributed by atoms with Gasteiger partial charge in [0.05, 0.1) is 6.04 Å². The van der Waals surface area contributed by atoms with Gasteiger partial charge in [-0.1, -0.05) is 24.3 Å². The zero-order valence-electron chi connectivity index (χ0n) is 9.42. The first-order chi connectivity index (χ1) is 8.25. The molecule has 3 nitrogen and oxygen atoms in total. The van der Waals surface area contributed by atoms with Gasteiger partial charge in [0.1, 0.15) is 5.75 Å². The molecule has 0 aliphatic carbocycles. The molecule has 1 aromatic heterocycles. The van der Waals surface area contributed by atoms with Crippen LogP contribution in [0.4, 0.5) is 4.79 Å². The molecule has 0 saturated carbocycles. The maximum Gasteiger partial charge on any atom is 0.413 e. The van der Waals surface area contributed by atoms with Gasteiger partial charge >= 0.3 is 6.09 Å². The molecule has 88 valence electrons. The molecule has 1 aromatic carbocycles. The van der Waals surface area contributed by atoms with Gasteiger partial charge in [-0.05, 0) is 30.5 Å². The van der Waals surface area contributed by atoms with Crippen molar-refractivity contribution < 1.29 is 9.53 Å². The summed E-state index contributed by atoms with van der Waals surface area (Å²) in [5.41, 5.74) is 0. The normalized spacial score (nSPS) is 11.8. The fourth-order valence-corrected chi connectivity index (χ4v) is 2.15. The molecule has 0 bridgehead atoms. The van der Waals surface area contributed by atoms with Gasteiger partial charge in [-0.15, -0.1) is 11.3 Å². The van der Waals surface area contributed by atoms with E-state index in [0.29, 0.717) is 5.75 Å². The van der Waals surface area contributed by atoms with E-state index in [4.69, 9.17) is 4.74 Å². The molecule has 0 aliphatic heterocycles. The van der Waals surface area contributed by atoms with E-state index in [0.717, 1.165) is 4.88 Å². The third-order valence-electron chi connectivity index (χ3n) is 2.26. The van der Waals surface area contributed by atoms with Crippen molar-refractivity contribution in [2.45, 2.75) is 13.0 Å². The Morgan fingerprint density at radius 1 is 1.24 bits per heavy atom. The van der Waals surface area contributed by atoms with Crippen molar-refractivity contribution in [2.24, 2.45) is 0 Å². The lowest BCUT2D eigenvalue weighted by atomic mass is 10.3. The van der Waals surface area contributed by atoms with Crippen LogP contribution in [0.5, 0.6) is 5.75 Å². The van der Waals surface area contributed by atoms with Gasteiger partial charge in [0.2, 0.25) is 0 Å². The molecule has 1 N–H and O–H groups in total. The minimum atomic E-state index is -0.433. The summed E-state index contributed by atoms with van der Waals surface area (Å²) in [5.74, 6) is 0.545. The minimum absolute atomic E-state index is 0.0359. The van der Waals surface area contributed by atoms with Gasteiger partial charge in [-0.25, -0.2) is 4.79 Å². The Morgan fingerprint density at radius 3 is 2.65 bits per heavy atom. The second-order valence-corrected chi connectivity index (χ2v) is 4.56. The van der Waals surface area contributed by atoms with E-state index in [-0.39, 0.29) is 6.04 Å². The zero-order chi connectivity index (χ0) is 12.1. The predicted octanol–water partition coefficient (Wildman–Crippen LogP) is 3.60. The lowest BCUT2D eigenvalue weighted by molar-refractivity contribution is 0.197. The SMILES string of the molecule is CC(NC(=O)Oc1ccccc1)c1cccs1. The molecule has 0 aliphatic rings. The summed E-state index contributed by atoms with van der Waals surface area (Å²) in [6, 6.07) is 12.9. The van der Waals surface area contributed by atoms with E-state index in [1.54, 1.807) is 23.5 Å². The molecule has 1 atom stereocenters. The molecule has 0 saturated heterocycles. The Hall–Kier alpha value is -1.81. The van der Waals surface area contributed by atoms with Crippen molar-refractivity contribution >= 4 is 17.4 Å². The number of rotatable bonds is 3. The number of thiophene rings is 1. The molecule has 2 aromatic rings. The molecule has 4 heteroatoms. The lowest BCUT2D eigenvalue weighted by Gasteiger charge is -2.12. The van der Waals surface area contributed by atoms with Crippen LogP contribution in [0, 0.1) is 0 Å². The number of hydrogen-bond acceptors (Lipinski definition) is 3. The molecule has 0 fully saturated rings. The van der Waals surface area contributed by atoms with Gasteiger partial charge in [-0.2, -0.15) is 0 Å². The van der Waals surface area contributed by atoms with Crippen LogP contribution in [0.1, 0.15) is 17.8 Å². The van der Waals surface area contributed by atoms with E-state index in [1.807, 2.05) is 42.6 Å². The summed E-state index contributed by atoms with van der Waals surface area (Å²) >= 11 is 1.61. The smallest absolute Gasteiger partial charge is 0.410 e. The number of carbonyl (C=O) groups is 1. The summed E-state index contributed by atoms with van der Waals surface area (Å²) in [4.78, 5) is 12.7. The van der Waals surface area contributed by atoms with Gasteiger partial charge in [0.25, 0.3) is 0 Å². The van der Waals surface area contributed by atoms with Crippen LogP contribution in [0.15, 0.2) is 47.8 Å². The molecule has 0 spiro atoms. The number of nitrogens with one attached hydrogen (secondary N) is 1. The van der Waals surface area contributed by atoms with Gasteiger partial charge in [0, 0.05) is 4.88 Å². The monoisotopic (exact) mass is 247 g/mol. The van der Waals surface area contributed by atoms with E-state index in [2.05, 4.69) is 5.32 Å². The summed E-state index contributed by atoms with van der Waals surface area (Å²) in [6.07, 6.45) is -0.433. The quantitative estimate of drug-likeness (QED) is 0.900. The average Bonchev–Trinajstić information content (AvgIpc) is 2.83. The number of benzene rings is 1. The third-order valence-corrected chi connectivity index (χ3v) is 3.31. The standard InChI is InChI=1S/C13H13NO2S/c1-10(12-8-5-9-17-12)14-13(15)16-11-6-3-2-4-7-11/h2-10H,1H3,(H,14,15). The van der Waals surface area contributed by atoms with E-state index >= 15 is 0 Å². The maximum absolute atomic E-state index is 11.6. The van der Waals surface area contributed by atoms with E-state index in [9.17, 15) is 4.79 Å². The topological polar surface area (TPSA) is 38.3 Å². The van der Waals surface area contributed by atoms with Crippen LogP contribution in [-0.4, -0.2) is 6.09 Å². The Morgan fingerprint density at radius 2 is 2.00 bits per heavy atom. The Balaban J connectivity index is 1.90. The summed E-state index contributed by atoms with van der Waals surface area (Å²) in [7, 11) is 0. The lowest BCUT2D eigenvalue weighted by Crippen LogP contribution is -2.29.